The van der Waals surface area contributed by atoms with Crippen LogP contribution in [0.5, 0.6) is 5.75 Å². The number of para-hydroxylation sites is 1. The van der Waals surface area contributed by atoms with Crippen LogP contribution in [0.1, 0.15) is 23.7 Å². The third-order valence-corrected chi connectivity index (χ3v) is 6.00. The number of ether oxygens (including phenoxy) is 2. The summed E-state index contributed by atoms with van der Waals surface area (Å²) in [5, 5.41) is 3.53. The van der Waals surface area contributed by atoms with Crippen LogP contribution in [0.15, 0.2) is 58.3 Å². The molecule has 0 radical (unpaired) electrons. The molecule has 0 saturated heterocycles. The van der Waals surface area contributed by atoms with E-state index < -0.39 is 5.97 Å². The van der Waals surface area contributed by atoms with Crippen LogP contribution < -0.4 is 10.3 Å². The minimum Gasteiger partial charge on any atom is -0.497 e. The zero-order chi connectivity index (χ0) is 22.7. The largest absolute Gasteiger partial charge is 0.497 e. The Kier molecular flexibility index (Phi) is 6.18. The number of hydrogen-bond donors (Lipinski definition) is 1. The first kappa shape index (κ1) is 21.5. The first-order valence-electron chi connectivity index (χ1n) is 9.91. The first-order chi connectivity index (χ1) is 15.5. The lowest BCUT2D eigenvalue weighted by atomic mass is 10.1. The number of nitrogens with zero attached hydrogens (tertiary/aromatic N) is 3. The first-order valence-corrected chi connectivity index (χ1v) is 10.7. The second-order valence-electron chi connectivity index (χ2n) is 7.08. The van der Waals surface area contributed by atoms with E-state index in [9.17, 15) is 9.59 Å². The highest BCUT2D eigenvalue weighted by Gasteiger charge is 2.21. The predicted octanol–water partition coefficient (Wildman–Crippen LogP) is 3.51. The summed E-state index contributed by atoms with van der Waals surface area (Å²) in [5.41, 5.74) is 2.74. The second-order valence-corrected chi connectivity index (χ2v) is 8.09. The Morgan fingerprint density at radius 1 is 1.19 bits per heavy atom. The van der Waals surface area contributed by atoms with Gasteiger partial charge in [0.05, 0.1) is 48.7 Å². The van der Waals surface area contributed by atoms with Crippen molar-refractivity contribution in [2.75, 3.05) is 14.2 Å². The second kappa shape index (κ2) is 9.19. The van der Waals surface area contributed by atoms with Crippen molar-refractivity contribution in [1.82, 2.24) is 14.8 Å². The van der Waals surface area contributed by atoms with Crippen molar-refractivity contribution in [3.05, 3.63) is 75.7 Å². The molecule has 0 spiro atoms. The molecule has 164 valence electrons. The third kappa shape index (κ3) is 4.33. The number of H-pyrrole nitrogens is 1. The molecule has 4 aromatic rings. The number of hydrogen-bond acceptors (Lipinski definition) is 7. The molecule has 2 aromatic heterocycles. The van der Waals surface area contributed by atoms with Crippen LogP contribution >= 0.6 is 11.3 Å². The molecule has 32 heavy (non-hydrogen) atoms. The summed E-state index contributed by atoms with van der Waals surface area (Å²) in [5.74, 6) is 0.283. The number of aromatic amines is 1. The number of aliphatic imine (C=N–C) groups is 1. The van der Waals surface area contributed by atoms with Gasteiger partial charge in [-0.2, -0.15) is 4.68 Å². The molecule has 1 N–H and O–H groups in total. The van der Waals surface area contributed by atoms with Gasteiger partial charge in [-0.3, -0.25) is 19.7 Å². The Labute approximate surface area is 188 Å². The van der Waals surface area contributed by atoms with E-state index in [-0.39, 0.29) is 12.0 Å². The minimum atomic E-state index is -0.454. The molecule has 0 fully saturated rings. The average Bonchev–Trinajstić information content (AvgIpc) is 3.38. The van der Waals surface area contributed by atoms with Gasteiger partial charge in [0.15, 0.2) is 0 Å². The fourth-order valence-corrected chi connectivity index (χ4v) is 4.28. The zero-order valence-electron chi connectivity index (χ0n) is 17.9. The van der Waals surface area contributed by atoms with Crippen molar-refractivity contribution in [2.24, 2.45) is 4.99 Å². The summed E-state index contributed by atoms with van der Waals surface area (Å²) < 4.78 is 12.4. The Morgan fingerprint density at radius 3 is 2.75 bits per heavy atom. The van der Waals surface area contributed by atoms with Gasteiger partial charge in [0.1, 0.15) is 5.75 Å². The lowest BCUT2D eigenvalue weighted by Gasteiger charge is -2.04. The normalized spacial score (nSPS) is 11.7. The number of methoxy groups -OCH3 is 2. The van der Waals surface area contributed by atoms with E-state index in [1.807, 2.05) is 48.5 Å². The molecule has 0 amide bonds. The van der Waals surface area contributed by atoms with Crippen LogP contribution in [0.3, 0.4) is 0 Å². The zero-order valence-corrected chi connectivity index (χ0v) is 18.7. The van der Waals surface area contributed by atoms with Gasteiger partial charge in [-0.15, -0.1) is 0 Å². The third-order valence-electron chi connectivity index (χ3n) is 4.98. The van der Waals surface area contributed by atoms with Crippen LogP contribution in [0.2, 0.25) is 0 Å². The van der Waals surface area contributed by atoms with Gasteiger partial charge in [0, 0.05) is 5.71 Å². The van der Waals surface area contributed by atoms with Crippen molar-refractivity contribution in [2.45, 2.75) is 19.9 Å². The SMILES string of the molecule is COC(=O)Cc1[nH]n(-c2nc3ccccc3s2)c(=O)c1C(C)=NCc1cccc(OC)c1. The highest BCUT2D eigenvalue weighted by Crippen LogP contribution is 2.24. The number of benzene rings is 2. The molecule has 0 aliphatic carbocycles. The van der Waals surface area contributed by atoms with E-state index in [2.05, 4.69) is 15.1 Å². The van der Waals surface area contributed by atoms with Gasteiger partial charge in [-0.05, 0) is 36.8 Å². The van der Waals surface area contributed by atoms with Crippen molar-refractivity contribution in [1.29, 1.82) is 0 Å². The summed E-state index contributed by atoms with van der Waals surface area (Å²) in [4.78, 5) is 34.5. The fourth-order valence-electron chi connectivity index (χ4n) is 3.35. The maximum atomic E-state index is 13.3. The van der Waals surface area contributed by atoms with Crippen LogP contribution in [0.25, 0.3) is 15.3 Å². The Morgan fingerprint density at radius 2 is 2.00 bits per heavy atom. The van der Waals surface area contributed by atoms with E-state index >= 15 is 0 Å². The minimum absolute atomic E-state index is 0.0784. The van der Waals surface area contributed by atoms with Crippen molar-refractivity contribution >= 4 is 33.2 Å². The molecule has 0 unspecified atom stereocenters. The van der Waals surface area contributed by atoms with Gasteiger partial charge >= 0.3 is 5.97 Å². The van der Waals surface area contributed by atoms with Crippen molar-refractivity contribution in [3.63, 3.8) is 0 Å². The van der Waals surface area contributed by atoms with E-state index in [1.54, 1.807) is 14.0 Å². The summed E-state index contributed by atoms with van der Waals surface area (Å²) in [6, 6.07) is 15.2. The van der Waals surface area contributed by atoms with E-state index in [1.165, 1.54) is 23.1 Å². The summed E-state index contributed by atoms with van der Waals surface area (Å²) in [6.45, 7) is 2.13. The van der Waals surface area contributed by atoms with Crippen molar-refractivity contribution < 1.29 is 14.3 Å². The molecule has 0 saturated carbocycles. The fraction of sp³-hybridized carbons (Fsp3) is 0.217. The lowest BCUT2D eigenvalue weighted by Crippen LogP contribution is -2.20. The van der Waals surface area contributed by atoms with E-state index in [4.69, 9.17) is 9.47 Å². The lowest BCUT2D eigenvalue weighted by molar-refractivity contribution is -0.139. The molecule has 4 rings (SSSR count). The highest BCUT2D eigenvalue weighted by atomic mass is 32.1. The van der Waals surface area contributed by atoms with Gasteiger partial charge in [-0.25, -0.2) is 4.98 Å². The monoisotopic (exact) mass is 450 g/mol. The molecule has 8 nitrogen and oxygen atoms in total. The molecule has 0 bridgehead atoms. The quantitative estimate of drug-likeness (QED) is 0.343. The number of rotatable bonds is 7. The molecular formula is C23H22N4O4S. The number of thiazole rings is 1. The number of nitrogens with one attached hydrogen (secondary N) is 1. The maximum Gasteiger partial charge on any atom is 0.311 e. The van der Waals surface area contributed by atoms with Gasteiger partial charge in [0.2, 0.25) is 5.13 Å². The Bertz CT molecular complexity index is 1330. The summed E-state index contributed by atoms with van der Waals surface area (Å²) in [6.07, 6.45) is -0.0784. The number of aromatic nitrogens is 3. The van der Waals surface area contributed by atoms with Gasteiger partial charge < -0.3 is 9.47 Å². The standard InChI is InChI=1S/C23H22N4O4S/c1-14(24-13-15-7-6-8-16(11-15)30-2)21-18(12-20(28)31-3)26-27(22(21)29)23-25-17-9-4-5-10-19(17)32-23/h4-11,26H,12-13H2,1-3H3. The van der Waals surface area contributed by atoms with Gasteiger partial charge in [-0.1, -0.05) is 35.6 Å². The molecule has 2 aromatic carbocycles. The smallest absolute Gasteiger partial charge is 0.311 e. The molecule has 2 heterocycles. The highest BCUT2D eigenvalue weighted by molar-refractivity contribution is 7.20. The van der Waals surface area contributed by atoms with Crippen LogP contribution in [-0.4, -0.2) is 40.7 Å². The van der Waals surface area contributed by atoms with Crippen LogP contribution in [0, 0.1) is 0 Å². The summed E-state index contributed by atoms with van der Waals surface area (Å²) in [7, 11) is 2.92. The summed E-state index contributed by atoms with van der Waals surface area (Å²) >= 11 is 1.39. The van der Waals surface area contributed by atoms with Gasteiger partial charge in [0.25, 0.3) is 5.56 Å². The Balaban J connectivity index is 1.75. The predicted molar refractivity (Wildman–Crippen MR) is 124 cm³/mol. The molecule has 0 aliphatic heterocycles. The van der Waals surface area contributed by atoms with Crippen LogP contribution in [0.4, 0.5) is 0 Å². The molecule has 0 aliphatic rings. The topological polar surface area (TPSA) is 98.6 Å². The molecule has 9 heteroatoms. The van der Waals surface area contributed by atoms with E-state index in [0.29, 0.717) is 28.6 Å². The number of fused-ring (bicyclic) bond motifs is 1. The molecular weight excluding hydrogens is 428 g/mol. The Hall–Kier alpha value is -3.72. The van der Waals surface area contributed by atoms with Crippen molar-refractivity contribution in [3.8, 4) is 10.9 Å². The number of carbonyl (C=O) groups excluding carboxylic acids is 1. The number of carbonyl (C=O) groups is 1. The van der Waals surface area contributed by atoms with E-state index in [0.717, 1.165) is 21.5 Å². The maximum absolute atomic E-state index is 13.3. The molecule has 0 atom stereocenters. The van der Waals surface area contributed by atoms with Crippen LogP contribution in [-0.2, 0) is 22.5 Å². The number of esters is 1. The average molecular weight is 451 g/mol.